The summed E-state index contributed by atoms with van der Waals surface area (Å²) in [6.45, 7) is 8.10. The molecule has 0 bridgehead atoms. The molecular weight excluding hydrogens is 506 g/mol. The molecule has 1 rings (SSSR count). The Balaban J connectivity index is 2.85. The molecule has 0 radical (unpaired) electrons. The van der Waals surface area contributed by atoms with Crippen molar-refractivity contribution < 1.29 is 38.4 Å². The predicted molar refractivity (Wildman–Crippen MR) is 133 cm³/mol. The molecule has 1 unspecified atom stereocenters. The minimum Gasteiger partial charge on any atom is -0.463 e. The van der Waals surface area contributed by atoms with Gasteiger partial charge < -0.3 is 24.1 Å². The summed E-state index contributed by atoms with van der Waals surface area (Å²) < 4.78 is 21.9. The van der Waals surface area contributed by atoms with Crippen LogP contribution in [-0.4, -0.2) is 69.4 Å². The Morgan fingerprint density at radius 3 is 1.47 bits per heavy atom. The number of nitrogens with zero attached hydrogens (tertiary/aromatic N) is 3. The number of aliphatic hydroxyl groups excluding tert-OH is 1. The van der Waals surface area contributed by atoms with E-state index in [1.807, 2.05) is 0 Å². The molecule has 210 valence electrons. The fourth-order valence-electron chi connectivity index (χ4n) is 3.04. The maximum atomic E-state index is 12.8. The van der Waals surface area contributed by atoms with E-state index in [9.17, 15) is 33.9 Å². The number of carbonyl (C=O) groups excluding carboxylic acids is 3. The second-order valence-electron chi connectivity index (χ2n) is 7.59. The minimum atomic E-state index is -1.17. The molecule has 0 saturated carbocycles. The van der Waals surface area contributed by atoms with E-state index in [2.05, 4.69) is 19.7 Å². The summed E-state index contributed by atoms with van der Waals surface area (Å²) in [7, 11) is 0. The summed E-state index contributed by atoms with van der Waals surface area (Å²) in [5.41, 5.74) is -2.93. The van der Waals surface area contributed by atoms with Crippen molar-refractivity contribution >= 4 is 17.9 Å². The molecule has 0 spiro atoms. The largest absolute Gasteiger partial charge is 0.463 e. The van der Waals surface area contributed by atoms with Gasteiger partial charge in [-0.05, 0) is 25.7 Å². The maximum absolute atomic E-state index is 12.8. The highest BCUT2D eigenvalue weighted by Crippen LogP contribution is 2.05. The van der Waals surface area contributed by atoms with Gasteiger partial charge in [0.25, 0.3) is 0 Å². The quantitative estimate of drug-likeness (QED) is 0.0770. The normalized spacial score (nSPS) is 11.3. The standard InChI is InChI=1S/C24H33N3O11/c1-4-18(28)35-14-9-7-8-10-21(31)38-17-13-27-23(33)25(11-15-36-19(29)5-2)22(32)26(24(27)34)12-16-37-20(30)6-3/h4-6,21,31H,1-3,7-17H2. The molecule has 14 nitrogen and oxygen atoms in total. The first-order valence-electron chi connectivity index (χ1n) is 11.8. The molecule has 14 heteroatoms. The monoisotopic (exact) mass is 539 g/mol. The van der Waals surface area contributed by atoms with E-state index in [-0.39, 0.29) is 52.5 Å². The molecule has 1 aromatic rings. The highest BCUT2D eigenvalue weighted by Gasteiger charge is 2.17. The molecule has 0 aliphatic rings. The van der Waals surface area contributed by atoms with Crippen LogP contribution in [0.4, 0.5) is 0 Å². The number of aromatic nitrogens is 3. The molecule has 1 heterocycles. The number of aliphatic hydroxyl groups is 1. The second kappa shape index (κ2) is 17.4. The SMILES string of the molecule is C=CC(=O)OCCCCCC(O)OCCn1c(=O)n(CCOC(=O)C=C)c(=O)n(CCOC(=O)C=C)c1=O. The van der Waals surface area contributed by atoms with Crippen LogP contribution in [0.15, 0.2) is 52.3 Å². The first kappa shape index (κ1) is 32.0. The lowest BCUT2D eigenvalue weighted by Gasteiger charge is -2.15. The lowest BCUT2D eigenvalue weighted by Crippen LogP contribution is -2.55. The van der Waals surface area contributed by atoms with Crippen molar-refractivity contribution in [2.24, 2.45) is 0 Å². The van der Waals surface area contributed by atoms with E-state index < -0.39 is 41.3 Å². The van der Waals surface area contributed by atoms with Crippen molar-refractivity contribution in [2.45, 2.75) is 51.6 Å². The van der Waals surface area contributed by atoms with Gasteiger partial charge in [0, 0.05) is 18.2 Å². The van der Waals surface area contributed by atoms with E-state index >= 15 is 0 Å². The van der Waals surface area contributed by atoms with E-state index in [0.29, 0.717) is 28.4 Å². The summed E-state index contributed by atoms with van der Waals surface area (Å²) in [4.78, 5) is 72.0. The van der Waals surface area contributed by atoms with Crippen molar-refractivity contribution in [1.29, 1.82) is 0 Å². The molecule has 0 saturated heterocycles. The highest BCUT2D eigenvalue weighted by atomic mass is 16.6. The number of hydrogen-bond donors (Lipinski definition) is 1. The molecule has 0 amide bonds. The zero-order valence-electron chi connectivity index (χ0n) is 21.1. The van der Waals surface area contributed by atoms with Crippen molar-refractivity contribution in [1.82, 2.24) is 13.7 Å². The van der Waals surface area contributed by atoms with Crippen molar-refractivity contribution in [3.8, 4) is 0 Å². The fraction of sp³-hybridized carbons (Fsp3) is 0.500. The van der Waals surface area contributed by atoms with Crippen LogP contribution < -0.4 is 17.1 Å². The topological polar surface area (TPSA) is 174 Å². The maximum Gasteiger partial charge on any atom is 0.336 e. The third kappa shape index (κ3) is 10.9. The predicted octanol–water partition coefficient (Wildman–Crippen LogP) is -0.745. The zero-order chi connectivity index (χ0) is 28.5. The van der Waals surface area contributed by atoms with Gasteiger partial charge in [-0.15, -0.1) is 0 Å². The van der Waals surface area contributed by atoms with Gasteiger partial charge in [0.2, 0.25) is 0 Å². The van der Waals surface area contributed by atoms with Gasteiger partial charge in [-0.2, -0.15) is 0 Å². The van der Waals surface area contributed by atoms with Crippen molar-refractivity contribution in [3.05, 3.63) is 69.4 Å². The molecule has 0 aliphatic heterocycles. The smallest absolute Gasteiger partial charge is 0.336 e. The number of carbonyl (C=O) groups is 3. The Hall–Kier alpha value is -4.04. The summed E-state index contributed by atoms with van der Waals surface area (Å²) in [5, 5.41) is 10.0. The lowest BCUT2D eigenvalue weighted by molar-refractivity contribution is -0.138. The first-order chi connectivity index (χ1) is 18.2. The highest BCUT2D eigenvalue weighted by molar-refractivity contribution is 5.81. The van der Waals surface area contributed by atoms with E-state index in [0.717, 1.165) is 22.8 Å². The summed E-state index contributed by atoms with van der Waals surface area (Å²) in [6, 6.07) is 0. The van der Waals surface area contributed by atoms with Gasteiger partial charge in [-0.3, -0.25) is 0 Å². The Bertz CT molecular complexity index is 1100. The average molecular weight is 540 g/mol. The molecule has 0 aromatic carbocycles. The summed E-state index contributed by atoms with van der Waals surface area (Å²) >= 11 is 0. The molecule has 1 atom stereocenters. The van der Waals surface area contributed by atoms with E-state index in [4.69, 9.17) is 18.9 Å². The third-order valence-electron chi connectivity index (χ3n) is 4.97. The van der Waals surface area contributed by atoms with Crippen molar-refractivity contribution in [2.75, 3.05) is 26.4 Å². The Labute approximate surface area is 218 Å². The zero-order valence-corrected chi connectivity index (χ0v) is 21.1. The number of ether oxygens (including phenoxy) is 4. The van der Waals surface area contributed by atoms with Gasteiger partial charge in [0.15, 0.2) is 6.29 Å². The molecule has 38 heavy (non-hydrogen) atoms. The van der Waals surface area contributed by atoms with Crippen LogP contribution in [0.1, 0.15) is 25.7 Å². The molecule has 0 fully saturated rings. The van der Waals surface area contributed by atoms with Crippen LogP contribution in [0.2, 0.25) is 0 Å². The van der Waals surface area contributed by atoms with Gasteiger partial charge in [-0.1, -0.05) is 19.7 Å². The number of rotatable bonds is 19. The second-order valence-corrected chi connectivity index (χ2v) is 7.59. The van der Waals surface area contributed by atoms with Crippen molar-refractivity contribution in [3.63, 3.8) is 0 Å². The van der Waals surface area contributed by atoms with Crippen LogP contribution in [0, 0.1) is 0 Å². The fourth-order valence-corrected chi connectivity index (χ4v) is 3.04. The number of esters is 3. The average Bonchev–Trinajstić information content (AvgIpc) is 2.91. The number of hydrogen-bond acceptors (Lipinski definition) is 11. The number of unbranched alkanes of at least 4 members (excludes halogenated alkanes) is 2. The molecular formula is C24H33N3O11. The van der Waals surface area contributed by atoms with Crippen LogP contribution in [0.3, 0.4) is 0 Å². The Morgan fingerprint density at radius 1 is 0.658 bits per heavy atom. The minimum absolute atomic E-state index is 0.228. The van der Waals surface area contributed by atoms with E-state index in [1.54, 1.807) is 0 Å². The summed E-state index contributed by atoms with van der Waals surface area (Å²) in [6.07, 6.45) is 3.80. The first-order valence-corrected chi connectivity index (χ1v) is 11.8. The lowest BCUT2D eigenvalue weighted by atomic mass is 10.2. The third-order valence-corrected chi connectivity index (χ3v) is 4.97. The van der Waals surface area contributed by atoms with Gasteiger partial charge in [-0.25, -0.2) is 42.5 Å². The van der Waals surface area contributed by atoms with Gasteiger partial charge in [0.05, 0.1) is 32.8 Å². The van der Waals surface area contributed by atoms with E-state index in [1.165, 1.54) is 0 Å². The van der Waals surface area contributed by atoms with Crippen LogP contribution in [0.25, 0.3) is 0 Å². The van der Waals surface area contributed by atoms with Crippen LogP contribution in [-0.2, 0) is 53.0 Å². The molecule has 0 aliphatic carbocycles. The van der Waals surface area contributed by atoms with Gasteiger partial charge in [0.1, 0.15) is 13.2 Å². The van der Waals surface area contributed by atoms with Crippen LogP contribution >= 0.6 is 0 Å². The summed E-state index contributed by atoms with van der Waals surface area (Å²) in [5.74, 6) is -2.03. The Morgan fingerprint density at radius 2 is 1.05 bits per heavy atom. The molecule has 1 N–H and O–H groups in total. The molecule has 1 aromatic heterocycles. The Kier molecular flexibility index (Phi) is 14.7. The van der Waals surface area contributed by atoms with Gasteiger partial charge >= 0.3 is 35.0 Å². The van der Waals surface area contributed by atoms with Crippen LogP contribution in [0.5, 0.6) is 0 Å².